The van der Waals surface area contributed by atoms with Crippen molar-refractivity contribution in [3.63, 3.8) is 0 Å². The van der Waals surface area contributed by atoms with Crippen LogP contribution in [0.4, 0.5) is 0 Å². The number of aliphatic hydroxyl groups excluding tert-OH is 1. The molecule has 0 saturated heterocycles. The summed E-state index contributed by atoms with van der Waals surface area (Å²) in [5.41, 5.74) is 0.374. The molecule has 0 aliphatic carbocycles. The highest BCUT2D eigenvalue weighted by molar-refractivity contribution is 6.43. The van der Waals surface area contributed by atoms with Gasteiger partial charge in [0, 0.05) is 5.56 Å². The van der Waals surface area contributed by atoms with Crippen molar-refractivity contribution in [2.75, 3.05) is 0 Å². The van der Waals surface area contributed by atoms with Crippen LogP contribution in [0.15, 0.2) is 12.1 Å². The Balaban J connectivity index is 3.25. The Bertz CT molecular complexity index is 273. The lowest BCUT2D eigenvalue weighted by molar-refractivity contribution is 0.275. The lowest BCUT2D eigenvalue weighted by atomic mass is 10.2. The fourth-order valence-electron chi connectivity index (χ4n) is 0.708. The minimum absolute atomic E-state index is 0.0817. The summed E-state index contributed by atoms with van der Waals surface area (Å²) < 4.78 is 0. The van der Waals surface area contributed by atoms with Crippen LogP contribution in [-0.4, -0.2) is 10.2 Å². The second-order valence-electron chi connectivity index (χ2n) is 2.03. The van der Waals surface area contributed by atoms with E-state index in [0.717, 1.165) is 0 Å². The van der Waals surface area contributed by atoms with Crippen LogP contribution in [0.25, 0.3) is 0 Å². The molecule has 0 amide bonds. The zero-order chi connectivity index (χ0) is 8.43. The standard InChI is InChI=1S/C7H6Cl2O2/c8-5-2-1-4(3-10)7(11)6(5)9/h1-2,10-11H,3H2. The lowest BCUT2D eigenvalue weighted by Crippen LogP contribution is -1.84. The predicted molar refractivity (Wildman–Crippen MR) is 44.0 cm³/mol. The first-order valence-electron chi connectivity index (χ1n) is 2.93. The van der Waals surface area contributed by atoms with Crippen LogP contribution in [-0.2, 0) is 6.61 Å². The molecule has 2 nitrogen and oxygen atoms in total. The van der Waals surface area contributed by atoms with E-state index in [9.17, 15) is 5.11 Å². The third kappa shape index (κ3) is 1.59. The van der Waals surface area contributed by atoms with Gasteiger partial charge >= 0.3 is 0 Å². The third-order valence-corrected chi connectivity index (χ3v) is 2.12. The number of benzene rings is 1. The van der Waals surface area contributed by atoms with E-state index in [0.29, 0.717) is 5.56 Å². The number of rotatable bonds is 1. The van der Waals surface area contributed by atoms with E-state index in [4.69, 9.17) is 28.3 Å². The maximum atomic E-state index is 9.20. The minimum Gasteiger partial charge on any atom is -0.506 e. The first kappa shape index (κ1) is 8.65. The summed E-state index contributed by atoms with van der Waals surface area (Å²) in [6.07, 6.45) is 0. The van der Waals surface area contributed by atoms with Gasteiger partial charge in [0.2, 0.25) is 0 Å². The molecular formula is C7H6Cl2O2. The Morgan fingerprint density at radius 2 is 1.91 bits per heavy atom. The van der Waals surface area contributed by atoms with Gasteiger partial charge in [0.1, 0.15) is 10.8 Å². The van der Waals surface area contributed by atoms with Crippen molar-refractivity contribution in [1.29, 1.82) is 0 Å². The number of aromatic hydroxyl groups is 1. The van der Waals surface area contributed by atoms with Crippen molar-refractivity contribution in [3.8, 4) is 5.75 Å². The van der Waals surface area contributed by atoms with Crippen LogP contribution in [0.1, 0.15) is 5.56 Å². The van der Waals surface area contributed by atoms with Crippen LogP contribution in [0, 0.1) is 0 Å². The van der Waals surface area contributed by atoms with Gasteiger partial charge in [-0.2, -0.15) is 0 Å². The monoisotopic (exact) mass is 192 g/mol. The molecule has 1 rings (SSSR count). The molecule has 2 N–H and O–H groups in total. The lowest BCUT2D eigenvalue weighted by Gasteiger charge is -2.03. The summed E-state index contributed by atoms with van der Waals surface area (Å²) in [6, 6.07) is 3.04. The third-order valence-electron chi connectivity index (χ3n) is 1.32. The van der Waals surface area contributed by atoms with Crippen LogP contribution in [0.3, 0.4) is 0 Å². The molecule has 0 saturated carbocycles. The van der Waals surface area contributed by atoms with Crippen LogP contribution in [0.2, 0.25) is 10.0 Å². The average Bonchev–Trinajstić information content (AvgIpc) is 2.01. The van der Waals surface area contributed by atoms with Gasteiger partial charge in [0.15, 0.2) is 0 Å². The quantitative estimate of drug-likeness (QED) is 0.717. The van der Waals surface area contributed by atoms with Gasteiger partial charge in [-0.15, -0.1) is 0 Å². The van der Waals surface area contributed by atoms with Crippen molar-refractivity contribution in [1.82, 2.24) is 0 Å². The Labute approximate surface area is 74.0 Å². The highest BCUT2D eigenvalue weighted by Gasteiger charge is 2.07. The number of hydrogen-bond acceptors (Lipinski definition) is 2. The second kappa shape index (κ2) is 3.30. The second-order valence-corrected chi connectivity index (χ2v) is 2.81. The number of hydrogen-bond donors (Lipinski definition) is 2. The van der Waals surface area contributed by atoms with Crippen LogP contribution < -0.4 is 0 Å². The highest BCUT2D eigenvalue weighted by atomic mass is 35.5. The van der Waals surface area contributed by atoms with Crippen molar-refractivity contribution in [2.45, 2.75) is 6.61 Å². The summed E-state index contributed by atoms with van der Waals surface area (Å²) >= 11 is 11.1. The van der Waals surface area contributed by atoms with Crippen molar-refractivity contribution in [2.24, 2.45) is 0 Å². The topological polar surface area (TPSA) is 40.5 Å². The molecular weight excluding hydrogens is 187 g/mol. The van der Waals surface area contributed by atoms with Gasteiger partial charge in [0.25, 0.3) is 0 Å². The van der Waals surface area contributed by atoms with Gasteiger partial charge in [-0.05, 0) is 6.07 Å². The molecule has 0 radical (unpaired) electrons. The Morgan fingerprint density at radius 1 is 1.27 bits per heavy atom. The van der Waals surface area contributed by atoms with E-state index in [-0.39, 0.29) is 22.4 Å². The van der Waals surface area contributed by atoms with Gasteiger partial charge in [-0.25, -0.2) is 0 Å². The van der Waals surface area contributed by atoms with E-state index in [2.05, 4.69) is 0 Å². The maximum absolute atomic E-state index is 9.20. The molecule has 0 aromatic heterocycles. The van der Waals surface area contributed by atoms with Crippen LogP contribution in [0.5, 0.6) is 5.75 Å². The zero-order valence-electron chi connectivity index (χ0n) is 5.51. The number of aliphatic hydroxyl groups is 1. The van der Waals surface area contributed by atoms with E-state index < -0.39 is 0 Å². The molecule has 11 heavy (non-hydrogen) atoms. The molecule has 0 unspecified atom stereocenters. The van der Waals surface area contributed by atoms with Crippen molar-refractivity contribution >= 4 is 23.2 Å². The maximum Gasteiger partial charge on any atom is 0.141 e. The Kier molecular flexibility index (Phi) is 2.60. The molecule has 0 aliphatic rings. The van der Waals surface area contributed by atoms with Gasteiger partial charge in [-0.1, -0.05) is 29.3 Å². The van der Waals surface area contributed by atoms with E-state index in [1.165, 1.54) is 12.1 Å². The SMILES string of the molecule is OCc1ccc(Cl)c(Cl)c1O. The first-order valence-corrected chi connectivity index (χ1v) is 3.69. The Morgan fingerprint density at radius 3 is 2.45 bits per heavy atom. The summed E-state index contributed by atoms with van der Waals surface area (Å²) in [6.45, 7) is -0.247. The molecule has 0 fully saturated rings. The summed E-state index contributed by atoms with van der Waals surface area (Å²) in [7, 11) is 0. The number of halogens is 2. The Hall–Kier alpha value is -0.440. The molecule has 0 heterocycles. The molecule has 0 aliphatic heterocycles. The summed E-state index contributed by atoms with van der Waals surface area (Å²) in [5, 5.41) is 18.2. The highest BCUT2D eigenvalue weighted by Crippen LogP contribution is 2.33. The summed E-state index contributed by atoms with van der Waals surface area (Å²) in [5.74, 6) is -0.151. The average molecular weight is 193 g/mol. The van der Waals surface area contributed by atoms with Gasteiger partial charge in [-0.3, -0.25) is 0 Å². The molecule has 0 atom stereocenters. The molecule has 1 aromatic rings. The predicted octanol–water partition coefficient (Wildman–Crippen LogP) is 2.19. The fraction of sp³-hybridized carbons (Fsp3) is 0.143. The smallest absolute Gasteiger partial charge is 0.141 e. The normalized spacial score (nSPS) is 10.1. The molecule has 1 aromatic carbocycles. The number of phenols is 1. The first-order chi connectivity index (χ1) is 5.16. The molecule has 0 spiro atoms. The zero-order valence-corrected chi connectivity index (χ0v) is 7.02. The molecule has 0 bridgehead atoms. The fourth-order valence-corrected chi connectivity index (χ4v) is 1.04. The van der Waals surface area contributed by atoms with Gasteiger partial charge in [0.05, 0.1) is 11.6 Å². The van der Waals surface area contributed by atoms with Crippen molar-refractivity contribution < 1.29 is 10.2 Å². The minimum atomic E-state index is -0.247. The largest absolute Gasteiger partial charge is 0.506 e. The van der Waals surface area contributed by atoms with Gasteiger partial charge < -0.3 is 10.2 Å². The summed E-state index contributed by atoms with van der Waals surface area (Å²) in [4.78, 5) is 0. The van der Waals surface area contributed by atoms with E-state index in [1.807, 2.05) is 0 Å². The molecule has 4 heteroatoms. The van der Waals surface area contributed by atoms with E-state index in [1.54, 1.807) is 0 Å². The van der Waals surface area contributed by atoms with Crippen molar-refractivity contribution in [3.05, 3.63) is 27.7 Å². The van der Waals surface area contributed by atoms with E-state index >= 15 is 0 Å². The van der Waals surface area contributed by atoms with Crippen LogP contribution >= 0.6 is 23.2 Å². The molecule has 60 valence electrons.